The molecule has 0 atom stereocenters. The summed E-state index contributed by atoms with van der Waals surface area (Å²) in [5, 5.41) is 13.6. The first-order valence-corrected chi connectivity index (χ1v) is 6.62. The average molecular weight is 245 g/mol. The molecule has 102 valence electrons. The Bertz CT molecular complexity index is 199. The molecule has 0 spiro atoms. The predicted octanol–water partition coefficient (Wildman–Crippen LogP) is 1.53. The third kappa shape index (κ3) is 4.92. The fraction of sp³-hybridized carbons (Fsp3) is 1.00. The Hall–Kier alpha value is -0.160. The first kappa shape index (κ1) is 14.9. The summed E-state index contributed by atoms with van der Waals surface area (Å²) in [7, 11) is 3.24. The molecule has 0 amide bonds. The van der Waals surface area contributed by atoms with Gasteiger partial charge < -0.3 is 19.9 Å². The minimum absolute atomic E-state index is 0.231. The van der Waals surface area contributed by atoms with Crippen LogP contribution in [0, 0.1) is 5.92 Å². The topological polar surface area (TPSA) is 50.7 Å². The highest BCUT2D eigenvalue weighted by Gasteiger charge is 2.32. The van der Waals surface area contributed by atoms with Crippen LogP contribution in [-0.2, 0) is 9.47 Å². The second kappa shape index (κ2) is 7.31. The van der Waals surface area contributed by atoms with Crippen molar-refractivity contribution in [2.45, 2.75) is 50.9 Å². The van der Waals surface area contributed by atoms with E-state index in [1.165, 1.54) is 6.42 Å². The van der Waals surface area contributed by atoms with Gasteiger partial charge in [0.2, 0.25) is 0 Å². The number of nitrogens with one attached hydrogen (secondary N) is 1. The van der Waals surface area contributed by atoms with Crippen LogP contribution in [0.2, 0.25) is 0 Å². The van der Waals surface area contributed by atoms with Crippen LogP contribution in [0.4, 0.5) is 0 Å². The van der Waals surface area contributed by atoms with E-state index in [4.69, 9.17) is 9.47 Å². The lowest BCUT2D eigenvalue weighted by atomic mass is 9.78. The largest absolute Gasteiger partial charge is 0.389 e. The summed E-state index contributed by atoms with van der Waals surface area (Å²) in [5.74, 6) is 0.806. The SMILES string of the molecule is CCC1CCC(O)(CNCC(OC)OC)CC1. The van der Waals surface area contributed by atoms with E-state index >= 15 is 0 Å². The van der Waals surface area contributed by atoms with Crippen molar-refractivity contribution in [3.63, 3.8) is 0 Å². The zero-order chi connectivity index (χ0) is 12.7. The third-order valence-corrected chi connectivity index (χ3v) is 3.90. The molecule has 0 saturated heterocycles. The lowest BCUT2D eigenvalue weighted by Crippen LogP contribution is -2.45. The third-order valence-electron chi connectivity index (χ3n) is 3.90. The number of methoxy groups -OCH3 is 2. The van der Waals surface area contributed by atoms with Crippen LogP contribution in [0.15, 0.2) is 0 Å². The molecule has 0 aromatic rings. The monoisotopic (exact) mass is 245 g/mol. The van der Waals surface area contributed by atoms with E-state index in [2.05, 4.69) is 12.2 Å². The van der Waals surface area contributed by atoms with Crippen LogP contribution in [0.1, 0.15) is 39.0 Å². The van der Waals surface area contributed by atoms with Gasteiger partial charge in [-0.05, 0) is 31.6 Å². The van der Waals surface area contributed by atoms with Crippen molar-refractivity contribution >= 4 is 0 Å². The predicted molar refractivity (Wildman–Crippen MR) is 67.9 cm³/mol. The van der Waals surface area contributed by atoms with Crippen molar-refractivity contribution in [1.82, 2.24) is 5.32 Å². The van der Waals surface area contributed by atoms with E-state index in [-0.39, 0.29) is 6.29 Å². The smallest absolute Gasteiger partial charge is 0.169 e. The van der Waals surface area contributed by atoms with Crippen molar-refractivity contribution in [3.8, 4) is 0 Å². The molecule has 4 nitrogen and oxygen atoms in total. The van der Waals surface area contributed by atoms with Crippen LogP contribution < -0.4 is 5.32 Å². The van der Waals surface area contributed by atoms with E-state index in [9.17, 15) is 5.11 Å². The maximum atomic E-state index is 10.4. The Balaban J connectivity index is 2.22. The molecule has 2 N–H and O–H groups in total. The summed E-state index contributed by atoms with van der Waals surface area (Å²) in [6.07, 6.45) is 5.11. The molecule has 0 aliphatic heterocycles. The lowest BCUT2D eigenvalue weighted by molar-refractivity contribution is -0.102. The number of hydrogen-bond donors (Lipinski definition) is 2. The van der Waals surface area contributed by atoms with Crippen molar-refractivity contribution < 1.29 is 14.6 Å². The molecule has 1 rings (SSSR count). The fourth-order valence-electron chi connectivity index (χ4n) is 2.49. The highest BCUT2D eigenvalue weighted by molar-refractivity contribution is 4.87. The number of aliphatic hydroxyl groups is 1. The normalized spacial score (nSPS) is 29.8. The Morgan fingerprint density at radius 3 is 2.35 bits per heavy atom. The van der Waals surface area contributed by atoms with Gasteiger partial charge >= 0.3 is 0 Å². The zero-order valence-corrected chi connectivity index (χ0v) is 11.4. The lowest BCUT2D eigenvalue weighted by Gasteiger charge is -2.36. The molecule has 0 bridgehead atoms. The highest BCUT2D eigenvalue weighted by atomic mass is 16.7. The molecule has 0 heterocycles. The van der Waals surface area contributed by atoms with Crippen LogP contribution >= 0.6 is 0 Å². The van der Waals surface area contributed by atoms with E-state index in [0.29, 0.717) is 13.1 Å². The van der Waals surface area contributed by atoms with E-state index in [1.54, 1.807) is 14.2 Å². The van der Waals surface area contributed by atoms with Gasteiger partial charge in [-0.3, -0.25) is 0 Å². The van der Waals surface area contributed by atoms with Gasteiger partial charge in [0.1, 0.15) is 0 Å². The quantitative estimate of drug-likeness (QED) is 0.668. The van der Waals surface area contributed by atoms with E-state index in [1.807, 2.05) is 0 Å². The molecule has 4 heteroatoms. The Kier molecular flexibility index (Phi) is 6.41. The maximum Gasteiger partial charge on any atom is 0.169 e. The van der Waals surface area contributed by atoms with Gasteiger partial charge in [0.05, 0.1) is 5.60 Å². The van der Waals surface area contributed by atoms with Crippen molar-refractivity contribution in [2.75, 3.05) is 27.3 Å². The molecule has 1 aliphatic carbocycles. The van der Waals surface area contributed by atoms with Gasteiger partial charge in [-0.2, -0.15) is 0 Å². The highest BCUT2D eigenvalue weighted by Crippen LogP contribution is 2.33. The van der Waals surface area contributed by atoms with Gasteiger partial charge in [0.25, 0.3) is 0 Å². The Morgan fingerprint density at radius 2 is 1.88 bits per heavy atom. The Labute approximate surface area is 105 Å². The average Bonchev–Trinajstić information content (AvgIpc) is 2.36. The van der Waals surface area contributed by atoms with E-state index < -0.39 is 5.60 Å². The fourth-order valence-corrected chi connectivity index (χ4v) is 2.49. The van der Waals surface area contributed by atoms with Gasteiger partial charge in [-0.15, -0.1) is 0 Å². The van der Waals surface area contributed by atoms with Crippen molar-refractivity contribution in [2.24, 2.45) is 5.92 Å². The molecule has 17 heavy (non-hydrogen) atoms. The molecule has 0 radical (unpaired) electrons. The van der Waals surface area contributed by atoms with Crippen molar-refractivity contribution in [1.29, 1.82) is 0 Å². The molecule has 0 unspecified atom stereocenters. The van der Waals surface area contributed by atoms with Gasteiger partial charge in [-0.1, -0.05) is 13.3 Å². The molecular formula is C13H27NO3. The molecule has 0 aromatic carbocycles. The first-order valence-electron chi connectivity index (χ1n) is 6.62. The minimum Gasteiger partial charge on any atom is -0.389 e. The summed E-state index contributed by atoms with van der Waals surface area (Å²) in [6.45, 7) is 3.48. The summed E-state index contributed by atoms with van der Waals surface area (Å²) >= 11 is 0. The maximum absolute atomic E-state index is 10.4. The number of hydrogen-bond acceptors (Lipinski definition) is 4. The molecule has 0 aromatic heterocycles. The van der Waals surface area contributed by atoms with Crippen LogP contribution in [-0.4, -0.2) is 44.3 Å². The summed E-state index contributed by atoms with van der Waals surface area (Å²) in [4.78, 5) is 0. The van der Waals surface area contributed by atoms with Crippen molar-refractivity contribution in [3.05, 3.63) is 0 Å². The summed E-state index contributed by atoms with van der Waals surface area (Å²) in [5.41, 5.74) is -0.530. The molecule has 1 saturated carbocycles. The standard InChI is InChI=1S/C13H27NO3/c1-4-11-5-7-13(15,8-6-11)10-14-9-12(16-2)17-3/h11-12,14-15H,4-10H2,1-3H3. The van der Waals surface area contributed by atoms with Gasteiger partial charge in [0.15, 0.2) is 6.29 Å². The molecular weight excluding hydrogens is 218 g/mol. The van der Waals surface area contributed by atoms with Crippen LogP contribution in [0.3, 0.4) is 0 Å². The number of ether oxygens (including phenoxy) is 2. The van der Waals surface area contributed by atoms with Crippen LogP contribution in [0.5, 0.6) is 0 Å². The minimum atomic E-state index is -0.530. The van der Waals surface area contributed by atoms with Gasteiger partial charge in [0, 0.05) is 27.3 Å². The first-order chi connectivity index (χ1) is 8.13. The Morgan fingerprint density at radius 1 is 1.29 bits per heavy atom. The van der Waals surface area contributed by atoms with Gasteiger partial charge in [-0.25, -0.2) is 0 Å². The summed E-state index contributed by atoms with van der Waals surface area (Å²) in [6, 6.07) is 0. The van der Waals surface area contributed by atoms with Crippen LogP contribution in [0.25, 0.3) is 0 Å². The second-order valence-electron chi connectivity index (χ2n) is 5.11. The second-order valence-corrected chi connectivity index (χ2v) is 5.11. The zero-order valence-electron chi connectivity index (χ0n) is 11.4. The number of rotatable bonds is 7. The molecule has 1 fully saturated rings. The van der Waals surface area contributed by atoms with E-state index in [0.717, 1.165) is 31.6 Å². The molecule has 1 aliphatic rings. The summed E-state index contributed by atoms with van der Waals surface area (Å²) < 4.78 is 10.2.